The maximum Gasteiger partial charge on any atom is 0.252 e. The molecule has 3 N–H and O–H groups in total. The Morgan fingerprint density at radius 1 is 1.23 bits per heavy atom. The van der Waals surface area contributed by atoms with Crippen LogP contribution in [0.5, 0.6) is 0 Å². The summed E-state index contributed by atoms with van der Waals surface area (Å²) in [6.45, 7) is 4.07. The summed E-state index contributed by atoms with van der Waals surface area (Å²) in [4.78, 5) is 16.8. The lowest BCUT2D eigenvalue weighted by molar-refractivity contribution is 0.0958. The monoisotopic (exact) mass is 436 g/mol. The van der Waals surface area contributed by atoms with Crippen LogP contribution in [0.1, 0.15) is 27.5 Å². The van der Waals surface area contributed by atoms with Crippen LogP contribution in [-0.4, -0.2) is 50.6 Å². The van der Waals surface area contributed by atoms with Gasteiger partial charge < -0.3 is 20.5 Å². The minimum Gasteiger partial charge on any atom is -0.369 e. The van der Waals surface area contributed by atoms with Gasteiger partial charge in [-0.25, -0.2) is 5.43 Å². The molecule has 1 unspecified atom stereocenters. The summed E-state index contributed by atoms with van der Waals surface area (Å²) >= 11 is 6.64. The molecule has 8 heteroatoms. The number of anilines is 1. The number of piperazine rings is 1. The van der Waals surface area contributed by atoms with Gasteiger partial charge in [-0.15, -0.1) is 0 Å². The molecule has 1 saturated heterocycles. The SMILES string of the molecule is CN1CCN(c2ccc(C3=CC(c4cccc(C(=O)NCC#N)c4)NN3)c(Cl)c2)CC1. The Bertz CT molecular complexity index is 1040. The number of carbonyl (C=O) groups excluding carboxylic acids is 1. The molecule has 2 aliphatic rings. The van der Waals surface area contributed by atoms with Gasteiger partial charge in [-0.2, -0.15) is 5.26 Å². The number of nitrogens with one attached hydrogen (secondary N) is 3. The molecule has 1 atom stereocenters. The van der Waals surface area contributed by atoms with Crippen LogP contribution >= 0.6 is 11.6 Å². The molecule has 2 heterocycles. The van der Waals surface area contributed by atoms with E-state index < -0.39 is 0 Å². The molecule has 2 aromatic rings. The highest BCUT2D eigenvalue weighted by Crippen LogP contribution is 2.32. The minimum absolute atomic E-state index is 0.0149. The number of rotatable bonds is 5. The second-order valence-corrected chi connectivity index (χ2v) is 8.16. The van der Waals surface area contributed by atoms with Crippen LogP contribution in [0.4, 0.5) is 5.69 Å². The number of amides is 1. The van der Waals surface area contributed by atoms with Crippen LogP contribution in [-0.2, 0) is 0 Å². The molecule has 160 valence electrons. The van der Waals surface area contributed by atoms with E-state index in [0.29, 0.717) is 10.6 Å². The Labute approximate surface area is 187 Å². The average Bonchev–Trinajstić information content (AvgIpc) is 3.28. The van der Waals surface area contributed by atoms with Crippen molar-refractivity contribution >= 4 is 28.9 Å². The standard InChI is InChI=1S/C23H25ClN6O/c1-29-9-11-30(12-10-29)18-5-6-19(20(24)14-18)22-15-21(27-28-22)16-3-2-4-17(13-16)23(31)26-8-7-25/h2-6,13-15,21,27-28H,8-12H2,1H3,(H,26,31). The van der Waals surface area contributed by atoms with Crippen LogP contribution in [0, 0.1) is 11.3 Å². The maximum absolute atomic E-state index is 12.1. The number of hydrogen-bond donors (Lipinski definition) is 3. The largest absolute Gasteiger partial charge is 0.369 e. The summed E-state index contributed by atoms with van der Waals surface area (Å²) in [5.41, 5.74) is 10.9. The van der Waals surface area contributed by atoms with Crippen molar-refractivity contribution in [2.75, 3.05) is 44.7 Å². The number of hydrazine groups is 1. The van der Waals surface area contributed by atoms with Gasteiger partial charge in [-0.3, -0.25) is 4.79 Å². The summed E-state index contributed by atoms with van der Waals surface area (Å²) in [5.74, 6) is -0.263. The quantitative estimate of drug-likeness (QED) is 0.625. The number of hydrogen-bond acceptors (Lipinski definition) is 6. The molecular weight excluding hydrogens is 412 g/mol. The van der Waals surface area contributed by atoms with Gasteiger partial charge in [0.2, 0.25) is 0 Å². The van der Waals surface area contributed by atoms with E-state index in [4.69, 9.17) is 16.9 Å². The zero-order chi connectivity index (χ0) is 21.8. The Kier molecular flexibility index (Phi) is 6.42. The Hall–Kier alpha value is -3.05. The molecule has 7 nitrogen and oxygen atoms in total. The predicted molar refractivity (Wildman–Crippen MR) is 123 cm³/mol. The molecular formula is C23H25ClN6O. The molecule has 0 bridgehead atoms. The summed E-state index contributed by atoms with van der Waals surface area (Å²) in [6, 6.07) is 15.3. The Balaban J connectivity index is 1.50. The molecule has 0 radical (unpaired) electrons. The molecule has 1 amide bonds. The number of carbonyl (C=O) groups is 1. The topological polar surface area (TPSA) is 83.4 Å². The number of halogens is 1. The highest BCUT2D eigenvalue weighted by atomic mass is 35.5. The first-order valence-electron chi connectivity index (χ1n) is 10.3. The van der Waals surface area contributed by atoms with Gasteiger partial charge in [-0.1, -0.05) is 23.7 Å². The average molecular weight is 437 g/mol. The second kappa shape index (κ2) is 9.40. The van der Waals surface area contributed by atoms with Gasteiger partial charge >= 0.3 is 0 Å². The van der Waals surface area contributed by atoms with Crippen molar-refractivity contribution in [1.29, 1.82) is 5.26 Å². The smallest absolute Gasteiger partial charge is 0.252 e. The molecule has 31 heavy (non-hydrogen) atoms. The third kappa shape index (κ3) is 4.83. The van der Waals surface area contributed by atoms with Crippen molar-refractivity contribution in [2.24, 2.45) is 0 Å². The van der Waals surface area contributed by atoms with Crippen LogP contribution in [0.15, 0.2) is 48.5 Å². The van der Waals surface area contributed by atoms with Crippen LogP contribution < -0.4 is 21.1 Å². The minimum atomic E-state index is -0.263. The first-order chi connectivity index (χ1) is 15.0. The highest BCUT2D eigenvalue weighted by molar-refractivity contribution is 6.32. The number of nitriles is 1. The fourth-order valence-corrected chi connectivity index (χ4v) is 4.10. The van der Waals surface area contributed by atoms with Gasteiger partial charge in [0.25, 0.3) is 5.91 Å². The Morgan fingerprint density at radius 3 is 2.77 bits per heavy atom. The lowest BCUT2D eigenvalue weighted by Gasteiger charge is -2.34. The fourth-order valence-electron chi connectivity index (χ4n) is 3.82. The van der Waals surface area contributed by atoms with E-state index in [1.54, 1.807) is 6.07 Å². The number of likely N-dealkylation sites (N-methyl/N-ethyl adjacent to an activating group) is 1. The van der Waals surface area contributed by atoms with E-state index in [-0.39, 0.29) is 18.5 Å². The zero-order valence-electron chi connectivity index (χ0n) is 17.4. The molecule has 0 spiro atoms. The van der Waals surface area contributed by atoms with E-state index in [9.17, 15) is 4.79 Å². The van der Waals surface area contributed by atoms with Crippen LogP contribution in [0.25, 0.3) is 5.70 Å². The summed E-state index contributed by atoms with van der Waals surface area (Å²) < 4.78 is 0. The van der Waals surface area contributed by atoms with Gasteiger partial charge in [0.1, 0.15) is 6.54 Å². The number of nitrogens with zero attached hydrogens (tertiary/aromatic N) is 3. The lowest BCUT2D eigenvalue weighted by atomic mass is 10.0. The van der Waals surface area contributed by atoms with Crippen LogP contribution in [0.2, 0.25) is 5.02 Å². The molecule has 1 fully saturated rings. The molecule has 0 aliphatic carbocycles. The first-order valence-corrected chi connectivity index (χ1v) is 10.6. The fraction of sp³-hybridized carbons (Fsp3) is 0.304. The van der Waals surface area contributed by atoms with Crippen molar-refractivity contribution in [3.8, 4) is 6.07 Å². The highest BCUT2D eigenvalue weighted by Gasteiger charge is 2.21. The van der Waals surface area contributed by atoms with Crippen LogP contribution in [0.3, 0.4) is 0 Å². The maximum atomic E-state index is 12.1. The van der Waals surface area contributed by atoms with E-state index in [0.717, 1.165) is 48.7 Å². The van der Waals surface area contributed by atoms with E-state index in [1.165, 1.54) is 0 Å². The van der Waals surface area contributed by atoms with Crippen molar-refractivity contribution in [1.82, 2.24) is 21.1 Å². The van der Waals surface area contributed by atoms with Gasteiger partial charge in [-0.05, 0) is 49.0 Å². The van der Waals surface area contributed by atoms with Crippen molar-refractivity contribution in [2.45, 2.75) is 6.04 Å². The van der Waals surface area contributed by atoms with Gasteiger partial charge in [0.15, 0.2) is 0 Å². The summed E-state index contributed by atoms with van der Waals surface area (Å²) in [7, 11) is 2.14. The van der Waals surface area contributed by atoms with E-state index in [1.807, 2.05) is 36.4 Å². The van der Waals surface area contributed by atoms with Gasteiger partial charge in [0.05, 0.1) is 22.8 Å². The normalized spacial score (nSPS) is 18.8. The van der Waals surface area contributed by atoms with E-state index >= 15 is 0 Å². The summed E-state index contributed by atoms with van der Waals surface area (Å²) in [5, 5.41) is 11.9. The van der Waals surface area contributed by atoms with Crippen molar-refractivity contribution < 1.29 is 4.79 Å². The predicted octanol–water partition coefficient (Wildman–Crippen LogP) is 2.54. The van der Waals surface area contributed by atoms with Gasteiger partial charge in [0, 0.05) is 43.0 Å². The van der Waals surface area contributed by atoms with Crippen molar-refractivity contribution in [3.63, 3.8) is 0 Å². The van der Waals surface area contributed by atoms with Crippen molar-refractivity contribution in [3.05, 3.63) is 70.3 Å². The Morgan fingerprint density at radius 2 is 2.03 bits per heavy atom. The second-order valence-electron chi connectivity index (χ2n) is 7.75. The first kappa shape index (κ1) is 21.2. The summed E-state index contributed by atoms with van der Waals surface area (Å²) in [6.07, 6.45) is 2.06. The zero-order valence-corrected chi connectivity index (χ0v) is 18.1. The lowest BCUT2D eigenvalue weighted by Crippen LogP contribution is -2.44. The molecule has 4 rings (SSSR count). The molecule has 0 aromatic heterocycles. The third-order valence-electron chi connectivity index (χ3n) is 5.64. The number of benzene rings is 2. The van der Waals surface area contributed by atoms with E-state index in [2.05, 4.69) is 45.2 Å². The third-order valence-corrected chi connectivity index (χ3v) is 5.96. The molecule has 2 aromatic carbocycles. The molecule has 0 saturated carbocycles. The molecule has 2 aliphatic heterocycles.